The van der Waals surface area contributed by atoms with Gasteiger partial charge in [-0.15, -0.1) is 0 Å². The minimum absolute atomic E-state index is 0.630. The average Bonchev–Trinajstić information content (AvgIpc) is 2.46. The Labute approximate surface area is 117 Å². The number of hydrogen-bond donors (Lipinski definition) is 1. The molecule has 0 aromatic heterocycles. The Kier molecular flexibility index (Phi) is 7.64. The number of nitrogens with one attached hydrogen (secondary N) is 1. The third-order valence-electron chi connectivity index (χ3n) is 3.14. The highest BCUT2D eigenvalue weighted by Crippen LogP contribution is 2.05. The van der Waals surface area contributed by atoms with Crippen molar-refractivity contribution in [3.8, 4) is 0 Å². The minimum Gasteiger partial charge on any atom is -0.357 e. The maximum Gasteiger partial charge on any atom is 0.120 e. The van der Waals surface area contributed by atoms with Crippen molar-refractivity contribution in [2.45, 2.75) is 39.5 Å². The van der Waals surface area contributed by atoms with Crippen LogP contribution in [0.3, 0.4) is 0 Å². The molecular formula is C17H26N2. The van der Waals surface area contributed by atoms with Crippen LogP contribution in [-0.2, 0) is 0 Å². The van der Waals surface area contributed by atoms with Gasteiger partial charge in [-0.25, -0.2) is 0 Å². The maximum absolute atomic E-state index is 8.19. The lowest BCUT2D eigenvalue weighted by Crippen LogP contribution is -2.30. The Balaban J connectivity index is 2.57. The molecule has 0 amide bonds. The molecular weight excluding hydrogens is 232 g/mol. The van der Waals surface area contributed by atoms with Crippen molar-refractivity contribution in [2.24, 2.45) is 0 Å². The van der Waals surface area contributed by atoms with Crippen molar-refractivity contribution in [3.05, 3.63) is 42.0 Å². The zero-order valence-corrected chi connectivity index (χ0v) is 12.2. The summed E-state index contributed by atoms with van der Waals surface area (Å²) in [7, 11) is 0. The van der Waals surface area contributed by atoms with Crippen molar-refractivity contribution >= 4 is 11.9 Å². The van der Waals surface area contributed by atoms with Crippen molar-refractivity contribution in [2.75, 3.05) is 13.1 Å². The third kappa shape index (κ3) is 6.23. The molecule has 0 atom stereocenters. The number of amidine groups is 1. The first-order chi connectivity index (χ1) is 9.27. The summed E-state index contributed by atoms with van der Waals surface area (Å²) in [5.74, 6) is 0.630. The highest BCUT2D eigenvalue weighted by molar-refractivity contribution is 5.94. The molecule has 1 aromatic rings. The number of hydrogen-bond acceptors (Lipinski definition) is 1. The lowest BCUT2D eigenvalue weighted by Gasteiger charge is -2.23. The second kappa shape index (κ2) is 9.37. The average molecular weight is 258 g/mol. The van der Waals surface area contributed by atoms with Crippen LogP contribution in [-0.4, -0.2) is 23.8 Å². The summed E-state index contributed by atoms with van der Waals surface area (Å²) in [5, 5.41) is 8.19. The van der Waals surface area contributed by atoms with Gasteiger partial charge in [0.2, 0.25) is 0 Å². The molecule has 2 nitrogen and oxygen atoms in total. The molecule has 19 heavy (non-hydrogen) atoms. The highest BCUT2D eigenvalue weighted by atomic mass is 15.2. The van der Waals surface area contributed by atoms with Crippen molar-refractivity contribution in [1.29, 1.82) is 5.41 Å². The molecule has 1 rings (SSSR count). The van der Waals surface area contributed by atoms with Crippen LogP contribution in [0, 0.1) is 5.41 Å². The highest BCUT2D eigenvalue weighted by Gasteiger charge is 2.05. The molecule has 2 heteroatoms. The predicted octanol–water partition coefficient (Wildman–Crippen LogP) is 4.58. The molecule has 0 aliphatic carbocycles. The lowest BCUT2D eigenvalue weighted by molar-refractivity contribution is 0.398. The van der Waals surface area contributed by atoms with E-state index >= 15 is 0 Å². The van der Waals surface area contributed by atoms with E-state index in [9.17, 15) is 0 Å². The second-order valence-corrected chi connectivity index (χ2v) is 4.82. The van der Waals surface area contributed by atoms with Crippen LogP contribution < -0.4 is 0 Å². The van der Waals surface area contributed by atoms with E-state index in [2.05, 4.69) is 30.9 Å². The molecule has 104 valence electrons. The molecule has 0 radical (unpaired) electrons. The van der Waals surface area contributed by atoms with E-state index in [1.165, 1.54) is 12.8 Å². The summed E-state index contributed by atoms with van der Waals surface area (Å²) in [6.07, 6.45) is 8.61. The predicted molar refractivity (Wildman–Crippen MR) is 84.6 cm³/mol. The van der Waals surface area contributed by atoms with Gasteiger partial charge in [0.1, 0.15) is 5.84 Å². The van der Waals surface area contributed by atoms with Crippen LogP contribution in [0.25, 0.3) is 6.08 Å². The van der Waals surface area contributed by atoms with E-state index in [-0.39, 0.29) is 0 Å². The summed E-state index contributed by atoms with van der Waals surface area (Å²) in [6.45, 7) is 6.38. The number of rotatable bonds is 8. The van der Waals surface area contributed by atoms with Gasteiger partial charge < -0.3 is 4.90 Å². The standard InChI is InChI=1S/C17H26N2/c1-3-5-14-19(15-6-4-2)17(18)13-12-16-10-8-7-9-11-16/h7-13,18H,3-6,14-15H2,1-2H3. The number of unbranched alkanes of at least 4 members (excludes halogenated alkanes) is 2. The first-order valence-corrected chi connectivity index (χ1v) is 7.34. The normalized spacial score (nSPS) is 10.8. The fourth-order valence-corrected chi connectivity index (χ4v) is 1.90. The van der Waals surface area contributed by atoms with E-state index in [1.807, 2.05) is 30.4 Å². The van der Waals surface area contributed by atoms with Gasteiger partial charge in [-0.05, 0) is 24.5 Å². The molecule has 0 saturated carbocycles. The van der Waals surface area contributed by atoms with E-state index in [0.29, 0.717) is 5.84 Å². The number of benzene rings is 1. The van der Waals surface area contributed by atoms with Crippen molar-refractivity contribution in [3.63, 3.8) is 0 Å². The van der Waals surface area contributed by atoms with Gasteiger partial charge in [0.05, 0.1) is 0 Å². The quantitative estimate of drug-likeness (QED) is 0.536. The molecule has 0 spiro atoms. The SMILES string of the molecule is CCCCN(CCCC)C(=N)C=Cc1ccccc1. The topological polar surface area (TPSA) is 27.1 Å². The van der Waals surface area contributed by atoms with Crippen molar-refractivity contribution < 1.29 is 0 Å². The molecule has 0 aliphatic rings. The lowest BCUT2D eigenvalue weighted by atomic mass is 10.2. The molecule has 0 unspecified atom stereocenters. The summed E-state index contributed by atoms with van der Waals surface area (Å²) in [4.78, 5) is 2.19. The summed E-state index contributed by atoms with van der Waals surface area (Å²) in [5.41, 5.74) is 1.15. The van der Waals surface area contributed by atoms with Crippen LogP contribution >= 0.6 is 0 Å². The van der Waals surface area contributed by atoms with Crippen molar-refractivity contribution in [1.82, 2.24) is 4.90 Å². The van der Waals surface area contributed by atoms with E-state index in [4.69, 9.17) is 5.41 Å². The monoisotopic (exact) mass is 258 g/mol. The fraction of sp³-hybridized carbons (Fsp3) is 0.471. The maximum atomic E-state index is 8.19. The summed E-state index contributed by atoms with van der Waals surface area (Å²) >= 11 is 0. The molecule has 1 N–H and O–H groups in total. The molecule has 0 fully saturated rings. The van der Waals surface area contributed by atoms with Gasteiger partial charge in [-0.2, -0.15) is 0 Å². The van der Waals surface area contributed by atoms with Gasteiger partial charge in [-0.3, -0.25) is 5.41 Å². The van der Waals surface area contributed by atoms with Crippen LogP contribution in [0.4, 0.5) is 0 Å². The molecule has 1 aromatic carbocycles. The van der Waals surface area contributed by atoms with E-state index in [0.717, 1.165) is 31.5 Å². The summed E-state index contributed by atoms with van der Waals surface area (Å²) < 4.78 is 0. The summed E-state index contributed by atoms with van der Waals surface area (Å²) in [6, 6.07) is 10.2. The van der Waals surface area contributed by atoms with Gasteiger partial charge in [0.25, 0.3) is 0 Å². The first kappa shape index (κ1) is 15.5. The largest absolute Gasteiger partial charge is 0.357 e. The Hall–Kier alpha value is -1.57. The fourth-order valence-electron chi connectivity index (χ4n) is 1.90. The Morgan fingerprint density at radius 2 is 1.63 bits per heavy atom. The van der Waals surface area contributed by atoms with E-state index in [1.54, 1.807) is 0 Å². The third-order valence-corrected chi connectivity index (χ3v) is 3.14. The molecule has 0 aliphatic heterocycles. The zero-order valence-electron chi connectivity index (χ0n) is 12.2. The molecule has 0 heterocycles. The molecule has 0 bridgehead atoms. The molecule has 0 saturated heterocycles. The smallest absolute Gasteiger partial charge is 0.120 e. The van der Waals surface area contributed by atoms with Crippen LogP contribution in [0.15, 0.2) is 36.4 Å². The Morgan fingerprint density at radius 3 is 2.16 bits per heavy atom. The van der Waals surface area contributed by atoms with Gasteiger partial charge in [0.15, 0.2) is 0 Å². The Morgan fingerprint density at radius 1 is 1.05 bits per heavy atom. The number of nitrogens with zero attached hydrogens (tertiary/aromatic N) is 1. The minimum atomic E-state index is 0.630. The zero-order chi connectivity index (χ0) is 13.9. The first-order valence-electron chi connectivity index (χ1n) is 7.34. The van der Waals surface area contributed by atoms with Gasteiger partial charge in [-0.1, -0.05) is 63.1 Å². The van der Waals surface area contributed by atoms with Gasteiger partial charge >= 0.3 is 0 Å². The van der Waals surface area contributed by atoms with Crippen LogP contribution in [0.5, 0.6) is 0 Å². The van der Waals surface area contributed by atoms with Crippen LogP contribution in [0.2, 0.25) is 0 Å². The van der Waals surface area contributed by atoms with E-state index < -0.39 is 0 Å². The van der Waals surface area contributed by atoms with Crippen LogP contribution in [0.1, 0.15) is 45.1 Å². The Bertz CT molecular complexity index is 374. The second-order valence-electron chi connectivity index (χ2n) is 4.82. The van der Waals surface area contributed by atoms with Gasteiger partial charge in [0, 0.05) is 13.1 Å².